The van der Waals surface area contributed by atoms with E-state index in [1.807, 2.05) is 17.9 Å². The number of piperazine rings is 1. The summed E-state index contributed by atoms with van der Waals surface area (Å²) in [5.74, 6) is -1.21. The van der Waals surface area contributed by atoms with Gasteiger partial charge in [-0.3, -0.25) is 14.4 Å². The smallest absolute Gasteiger partial charge is 0.276 e. The molecule has 0 atom stereocenters. The van der Waals surface area contributed by atoms with Gasteiger partial charge in [0.2, 0.25) is 11.3 Å². The number of primary amides is 1. The van der Waals surface area contributed by atoms with Crippen molar-refractivity contribution in [1.29, 1.82) is 0 Å². The van der Waals surface area contributed by atoms with Crippen LogP contribution in [0.2, 0.25) is 0 Å². The predicted octanol–water partition coefficient (Wildman–Crippen LogP) is 0.798. The van der Waals surface area contributed by atoms with Crippen LogP contribution in [0.1, 0.15) is 47.3 Å². The molecule has 0 unspecified atom stereocenters. The Morgan fingerprint density at radius 1 is 1.18 bits per heavy atom. The van der Waals surface area contributed by atoms with Crippen LogP contribution in [0, 0.1) is 6.92 Å². The zero-order valence-corrected chi connectivity index (χ0v) is 22.8. The monoisotopic (exact) mass is 548 g/mol. The van der Waals surface area contributed by atoms with Gasteiger partial charge in [-0.1, -0.05) is 12.5 Å². The van der Waals surface area contributed by atoms with E-state index in [0.717, 1.165) is 18.4 Å². The molecule has 3 N–H and O–H groups in total. The molecule has 3 aromatic heterocycles. The number of carbonyl (C=O) groups is 2. The van der Waals surface area contributed by atoms with Crippen LogP contribution < -0.4 is 16.1 Å². The molecule has 0 aromatic carbocycles. The first-order valence-electron chi connectivity index (χ1n) is 13.2. The summed E-state index contributed by atoms with van der Waals surface area (Å²) in [5, 5.41) is 10.3. The van der Waals surface area contributed by atoms with Crippen molar-refractivity contribution < 1.29 is 19.4 Å². The lowest BCUT2D eigenvalue weighted by Gasteiger charge is -2.37. The second-order valence-electron chi connectivity index (χ2n) is 10.0. The van der Waals surface area contributed by atoms with Crippen molar-refractivity contribution in [2.24, 2.45) is 5.73 Å². The maximum atomic E-state index is 13.9. The first-order valence-corrected chi connectivity index (χ1v) is 13.2. The number of carbonyl (C=O) groups excluding carboxylic acids is 2. The van der Waals surface area contributed by atoms with E-state index >= 15 is 0 Å². The van der Waals surface area contributed by atoms with Crippen LogP contribution in [0.3, 0.4) is 0 Å². The van der Waals surface area contributed by atoms with Crippen LogP contribution in [-0.2, 0) is 22.5 Å². The third-order valence-corrected chi connectivity index (χ3v) is 7.46. The highest BCUT2D eigenvalue weighted by Gasteiger charge is 2.30. The fourth-order valence-corrected chi connectivity index (χ4v) is 5.25. The number of nitrogens with zero attached hydrogens (tertiary/aromatic N) is 7. The minimum absolute atomic E-state index is 0.0510. The van der Waals surface area contributed by atoms with Gasteiger partial charge >= 0.3 is 0 Å². The van der Waals surface area contributed by atoms with Crippen molar-refractivity contribution in [2.75, 3.05) is 38.2 Å². The molecule has 1 saturated heterocycles. The van der Waals surface area contributed by atoms with E-state index in [-0.39, 0.29) is 35.0 Å². The van der Waals surface area contributed by atoms with Crippen molar-refractivity contribution in [2.45, 2.75) is 45.8 Å². The van der Waals surface area contributed by atoms with E-state index in [1.165, 1.54) is 6.33 Å². The van der Waals surface area contributed by atoms with Gasteiger partial charge in [0.15, 0.2) is 22.6 Å². The zero-order chi connectivity index (χ0) is 28.6. The van der Waals surface area contributed by atoms with Gasteiger partial charge in [-0.25, -0.2) is 19.9 Å². The van der Waals surface area contributed by atoms with Crippen molar-refractivity contribution >= 4 is 34.7 Å². The minimum Gasteiger partial charge on any atom is -0.504 e. The second kappa shape index (κ2) is 11.0. The minimum atomic E-state index is -0.561. The standard InChI is InChI=1S/C27H32N8O5/c1-4-19-23(33-5-7-34(8-6-33)27(39)22-24(37)15(2)30-14-31-22)25(38)21-26(35(19)13-20(28)36)29-12-17(32-21)9-16-10-18(11-16)40-3/h9,12,14,18,37H,4-8,10-11,13H2,1-3H3,(H2,28,36). The third-order valence-electron chi connectivity index (χ3n) is 7.46. The number of pyridine rings is 1. The average molecular weight is 549 g/mol. The fraction of sp³-hybridized carbons (Fsp3) is 0.444. The van der Waals surface area contributed by atoms with Gasteiger partial charge in [0.05, 0.1) is 23.7 Å². The number of fused-ring (bicyclic) bond motifs is 1. The average Bonchev–Trinajstić information content (AvgIpc) is 2.92. The van der Waals surface area contributed by atoms with Gasteiger partial charge in [-0.15, -0.1) is 0 Å². The van der Waals surface area contributed by atoms with Crippen LogP contribution in [-0.4, -0.2) is 85.7 Å². The molecule has 210 valence electrons. The van der Waals surface area contributed by atoms with E-state index in [2.05, 4.69) is 19.9 Å². The number of amides is 2. The molecule has 13 nitrogen and oxygen atoms in total. The number of hydrogen-bond acceptors (Lipinski definition) is 10. The topological polar surface area (TPSA) is 170 Å². The molecule has 1 aliphatic heterocycles. The molecule has 1 aliphatic carbocycles. The van der Waals surface area contributed by atoms with Crippen LogP contribution in [0.4, 0.5) is 5.69 Å². The molecule has 5 rings (SSSR count). The Bertz CT molecular complexity index is 1570. The zero-order valence-electron chi connectivity index (χ0n) is 22.8. The summed E-state index contributed by atoms with van der Waals surface area (Å²) in [4.78, 5) is 59.6. The molecular formula is C27H32N8O5. The van der Waals surface area contributed by atoms with E-state index in [9.17, 15) is 19.5 Å². The summed E-state index contributed by atoms with van der Waals surface area (Å²) in [5.41, 5.74) is 8.81. The summed E-state index contributed by atoms with van der Waals surface area (Å²) in [6.07, 6.45) is 7.01. The molecule has 0 spiro atoms. The lowest BCUT2D eigenvalue weighted by Crippen LogP contribution is -2.50. The summed E-state index contributed by atoms with van der Waals surface area (Å²) >= 11 is 0. The van der Waals surface area contributed by atoms with E-state index in [0.29, 0.717) is 61.0 Å². The van der Waals surface area contributed by atoms with Crippen LogP contribution >= 0.6 is 0 Å². The van der Waals surface area contributed by atoms with Crippen molar-refractivity contribution in [3.8, 4) is 5.75 Å². The van der Waals surface area contributed by atoms with E-state index < -0.39 is 11.8 Å². The molecular weight excluding hydrogens is 516 g/mol. The normalized spacial score (nSPS) is 17.2. The Kier molecular flexibility index (Phi) is 7.48. The Labute approximate surface area is 230 Å². The van der Waals surface area contributed by atoms with Gasteiger partial charge in [-0.05, 0) is 32.3 Å². The Balaban J connectivity index is 1.50. The SMILES string of the molecule is CCc1c(N2CCN(C(=O)c3ncnc(C)c3O)CC2)c(=O)c2nc(C=C3CC(OC)C3)cnc2n1CC(N)=O. The fourth-order valence-electron chi connectivity index (χ4n) is 5.25. The first kappa shape index (κ1) is 27.2. The van der Waals surface area contributed by atoms with E-state index in [4.69, 9.17) is 10.5 Å². The van der Waals surface area contributed by atoms with E-state index in [1.54, 1.807) is 29.7 Å². The Morgan fingerprint density at radius 2 is 1.90 bits per heavy atom. The summed E-state index contributed by atoms with van der Waals surface area (Å²) in [6, 6.07) is 0. The van der Waals surface area contributed by atoms with Crippen LogP contribution in [0.25, 0.3) is 17.2 Å². The second-order valence-corrected chi connectivity index (χ2v) is 10.0. The van der Waals surface area contributed by atoms with Gasteiger partial charge in [0, 0.05) is 39.0 Å². The van der Waals surface area contributed by atoms with Gasteiger partial charge in [0.25, 0.3) is 5.91 Å². The maximum absolute atomic E-state index is 13.9. The molecule has 0 bridgehead atoms. The summed E-state index contributed by atoms with van der Waals surface area (Å²) < 4.78 is 7.01. The summed E-state index contributed by atoms with van der Waals surface area (Å²) in [6.45, 7) is 4.67. The molecule has 3 aromatic rings. The number of anilines is 1. The van der Waals surface area contributed by atoms with Crippen molar-refractivity contribution in [3.05, 3.63) is 51.1 Å². The highest BCUT2D eigenvalue weighted by molar-refractivity contribution is 5.95. The quantitative estimate of drug-likeness (QED) is 0.430. The molecule has 4 heterocycles. The molecule has 13 heteroatoms. The number of rotatable bonds is 7. The maximum Gasteiger partial charge on any atom is 0.276 e. The highest BCUT2D eigenvalue weighted by Crippen LogP contribution is 2.30. The molecule has 0 radical (unpaired) electrons. The molecule has 40 heavy (non-hydrogen) atoms. The lowest BCUT2D eigenvalue weighted by molar-refractivity contribution is -0.118. The van der Waals surface area contributed by atoms with Crippen LogP contribution in [0.5, 0.6) is 5.75 Å². The first-order chi connectivity index (χ1) is 19.2. The molecule has 2 amide bonds. The van der Waals surface area contributed by atoms with Gasteiger partial charge < -0.3 is 29.9 Å². The number of ether oxygens (including phenoxy) is 1. The number of hydrogen-bond donors (Lipinski definition) is 2. The number of aromatic nitrogens is 5. The van der Waals surface area contributed by atoms with Gasteiger partial charge in [0.1, 0.15) is 18.6 Å². The number of methoxy groups -OCH3 is 1. The number of aromatic hydroxyl groups is 1. The highest BCUT2D eigenvalue weighted by atomic mass is 16.5. The molecule has 2 fully saturated rings. The molecule has 1 saturated carbocycles. The van der Waals surface area contributed by atoms with Gasteiger partial charge in [-0.2, -0.15) is 0 Å². The molecule has 2 aliphatic rings. The Morgan fingerprint density at radius 3 is 2.55 bits per heavy atom. The largest absolute Gasteiger partial charge is 0.504 e. The Hall–Kier alpha value is -4.39. The summed E-state index contributed by atoms with van der Waals surface area (Å²) in [7, 11) is 1.68. The van der Waals surface area contributed by atoms with Crippen molar-refractivity contribution in [3.63, 3.8) is 0 Å². The lowest BCUT2D eigenvalue weighted by atomic mass is 9.88. The van der Waals surface area contributed by atoms with Crippen molar-refractivity contribution in [1.82, 2.24) is 29.4 Å². The number of aryl methyl sites for hydroxylation is 1. The number of nitrogens with two attached hydrogens (primary N) is 1. The van der Waals surface area contributed by atoms with Crippen LogP contribution in [0.15, 0.2) is 22.9 Å². The third kappa shape index (κ3) is 4.99. The predicted molar refractivity (Wildman–Crippen MR) is 147 cm³/mol.